The van der Waals surface area contributed by atoms with Gasteiger partial charge >= 0.3 is 12.2 Å². The molecule has 4 nitrogen and oxygen atoms in total. The van der Waals surface area contributed by atoms with Gasteiger partial charge in [-0.3, -0.25) is 0 Å². The summed E-state index contributed by atoms with van der Waals surface area (Å²) in [5.41, 5.74) is -0.372. The number of nitrogens with one attached hydrogen (secondary N) is 2. The van der Waals surface area contributed by atoms with Crippen LogP contribution in [0.4, 0.5) is 23.7 Å². The highest BCUT2D eigenvalue weighted by Gasteiger charge is 2.34. The molecule has 0 aliphatic rings. The van der Waals surface area contributed by atoms with Gasteiger partial charge in [0.25, 0.3) is 0 Å². The molecule has 2 aromatic carbocycles. The van der Waals surface area contributed by atoms with E-state index in [1.165, 1.54) is 6.07 Å². The van der Waals surface area contributed by atoms with E-state index in [0.29, 0.717) is 13.0 Å². The smallest absolute Gasteiger partial charge is 0.418 e. The molecule has 0 spiro atoms. The summed E-state index contributed by atoms with van der Waals surface area (Å²) in [7, 11) is 0. The molecular formula is C18H18ClF3N2O2. The molecule has 0 aliphatic heterocycles. The maximum atomic E-state index is 13.0. The molecule has 0 radical (unpaired) electrons. The number of carbonyl (C=O) groups is 1. The van der Waals surface area contributed by atoms with E-state index in [2.05, 4.69) is 10.6 Å². The van der Waals surface area contributed by atoms with Gasteiger partial charge in [-0.1, -0.05) is 23.7 Å². The van der Waals surface area contributed by atoms with Crippen molar-refractivity contribution in [3.63, 3.8) is 0 Å². The Bertz CT molecular complexity index is 749. The van der Waals surface area contributed by atoms with E-state index in [4.69, 9.17) is 16.3 Å². The summed E-state index contributed by atoms with van der Waals surface area (Å²) in [6, 6.07) is 9.84. The van der Waals surface area contributed by atoms with Crippen molar-refractivity contribution in [1.82, 2.24) is 5.32 Å². The van der Waals surface area contributed by atoms with Gasteiger partial charge in [-0.2, -0.15) is 13.2 Å². The number of alkyl halides is 3. The summed E-state index contributed by atoms with van der Waals surface area (Å²) < 4.78 is 44.3. The fraction of sp³-hybridized carbons (Fsp3) is 0.278. The molecule has 140 valence electrons. The van der Waals surface area contributed by atoms with Gasteiger partial charge in [-0.05, 0) is 49.2 Å². The van der Waals surface area contributed by atoms with Crippen LogP contribution in [0.3, 0.4) is 0 Å². The summed E-state index contributed by atoms with van der Waals surface area (Å²) in [6.07, 6.45) is -4.08. The molecule has 8 heteroatoms. The average Bonchev–Trinajstić information content (AvgIpc) is 2.57. The minimum Gasteiger partial charge on any atom is -0.494 e. The van der Waals surface area contributed by atoms with E-state index < -0.39 is 17.8 Å². The van der Waals surface area contributed by atoms with E-state index in [1.54, 1.807) is 0 Å². The van der Waals surface area contributed by atoms with Crippen LogP contribution < -0.4 is 15.4 Å². The average molecular weight is 387 g/mol. The monoisotopic (exact) mass is 386 g/mol. The summed E-state index contributed by atoms with van der Waals surface area (Å²) in [5.74, 6) is 0.754. The van der Waals surface area contributed by atoms with Gasteiger partial charge in [0, 0.05) is 11.6 Å². The number of amides is 2. The van der Waals surface area contributed by atoms with Gasteiger partial charge in [0.05, 0.1) is 17.9 Å². The van der Waals surface area contributed by atoms with Gasteiger partial charge in [0.2, 0.25) is 0 Å². The summed E-state index contributed by atoms with van der Waals surface area (Å²) >= 11 is 5.60. The van der Waals surface area contributed by atoms with E-state index in [9.17, 15) is 18.0 Å². The Morgan fingerprint density at radius 3 is 2.46 bits per heavy atom. The van der Waals surface area contributed by atoms with Crippen LogP contribution in [0.25, 0.3) is 0 Å². The molecule has 0 bridgehead atoms. The van der Waals surface area contributed by atoms with Crippen LogP contribution in [0.5, 0.6) is 5.75 Å². The zero-order valence-corrected chi connectivity index (χ0v) is 14.7. The van der Waals surface area contributed by atoms with Crippen molar-refractivity contribution in [2.75, 3.05) is 18.5 Å². The molecule has 0 saturated carbocycles. The second-order valence-electron chi connectivity index (χ2n) is 5.40. The van der Waals surface area contributed by atoms with Crippen molar-refractivity contribution in [2.45, 2.75) is 19.5 Å². The van der Waals surface area contributed by atoms with Gasteiger partial charge in [-0.15, -0.1) is 0 Å². The number of urea groups is 1. The Hall–Kier alpha value is -2.41. The highest BCUT2D eigenvalue weighted by atomic mass is 35.5. The van der Waals surface area contributed by atoms with Crippen molar-refractivity contribution < 1.29 is 22.7 Å². The minimum absolute atomic E-state index is 0.0567. The molecule has 0 fully saturated rings. The van der Waals surface area contributed by atoms with Crippen molar-refractivity contribution in [1.29, 1.82) is 0 Å². The van der Waals surface area contributed by atoms with Crippen molar-refractivity contribution in [3.05, 3.63) is 58.6 Å². The number of benzene rings is 2. The van der Waals surface area contributed by atoms with Gasteiger partial charge in [0.15, 0.2) is 0 Å². The Morgan fingerprint density at radius 1 is 1.15 bits per heavy atom. The third kappa shape index (κ3) is 5.84. The van der Waals surface area contributed by atoms with E-state index in [0.717, 1.165) is 23.4 Å². The first-order valence-electron chi connectivity index (χ1n) is 7.93. The number of anilines is 1. The minimum atomic E-state index is -4.62. The zero-order chi connectivity index (χ0) is 19.2. The lowest BCUT2D eigenvalue weighted by molar-refractivity contribution is -0.136. The maximum Gasteiger partial charge on any atom is 0.418 e. The third-order valence-electron chi connectivity index (χ3n) is 3.47. The molecule has 26 heavy (non-hydrogen) atoms. The zero-order valence-electron chi connectivity index (χ0n) is 14.0. The SMILES string of the molecule is CCOc1ccc(CCNC(=O)Nc2ccc(Cl)cc2C(F)(F)F)cc1. The molecule has 0 heterocycles. The topological polar surface area (TPSA) is 50.4 Å². The van der Waals surface area contributed by atoms with E-state index >= 15 is 0 Å². The Labute approximate surface area is 154 Å². The third-order valence-corrected chi connectivity index (χ3v) is 3.70. The molecular weight excluding hydrogens is 369 g/mol. The quantitative estimate of drug-likeness (QED) is 0.723. The van der Waals surface area contributed by atoms with Crippen LogP contribution in [-0.2, 0) is 12.6 Å². The second kappa shape index (κ2) is 8.80. The van der Waals surface area contributed by atoms with E-state index in [1.807, 2.05) is 31.2 Å². The predicted molar refractivity (Wildman–Crippen MR) is 94.8 cm³/mol. The standard InChI is InChI=1S/C18H18ClF3N2O2/c1-2-26-14-6-3-12(4-7-14)9-10-23-17(25)24-16-8-5-13(19)11-15(16)18(20,21)22/h3-8,11H,2,9-10H2,1H3,(H2,23,24,25). The lowest BCUT2D eigenvalue weighted by Gasteiger charge is -2.14. The fourth-order valence-corrected chi connectivity index (χ4v) is 2.44. The van der Waals surface area contributed by atoms with Crippen LogP contribution in [0, 0.1) is 0 Å². The normalized spacial score (nSPS) is 11.1. The van der Waals surface area contributed by atoms with Crippen molar-refractivity contribution in [3.8, 4) is 5.75 Å². The number of rotatable bonds is 6. The summed E-state index contributed by atoms with van der Waals surface area (Å²) in [4.78, 5) is 11.9. The number of hydrogen-bond acceptors (Lipinski definition) is 2. The van der Waals surface area contributed by atoms with Gasteiger partial charge < -0.3 is 15.4 Å². The molecule has 2 rings (SSSR count). The first-order chi connectivity index (χ1) is 12.3. The lowest BCUT2D eigenvalue weighted by Crippen LogP contribution is -2.31. The van der Waals surface area contributed by atoms with Gasteiger partial charge in [0.1, 0.15) is 5.75 Å². The maximum absolute atomic E-state index is 13.0. The summed E-state index contributed by atoms with van der Waals surface area (Å²) in [5, 5.41) is 4.68. The highest BCUT2D eigenvalue weighted by molar-refractivity contribution is 6.30. The largest absolute Gasteiger partial charge is 0.494 e. The Morgan fingerprint density at radius 2 is 1.85 bits per heavy atom. The molecule has 0 saturated heterocycles. The van der Waals surface area contributed by atoms with Crippen LogP contribution in [-0.4, -0.2) is 19.2 Å². The number of carbonyl (C=O) groups excluding carboxylic acids is 1. The first kappa shape index (κ1) is 19.9. The molecule has 0 unspecified atom stereocenters. The second-order valence-corrected chi connectivity index (χ2v) is 5.83. The molecule has 2 aromatic rings. The molecule has 0 aliphatic carbocycles. The lowest BCUT2D eigenvalue weighted by atomic mass is 10.1. The van der Waals surface area contributed by atoms with Crippen molar-refractivity contribution in [2.24, 2.45) is 0 Å². The van der Waals surface area contributed by atoms with Crippen LogP contribution in [0.15, 0.2) is 42.5 Å². The molecule has 0 aromatic heterocycles. The highest BCUT2D eigenvalue weighted by Crippen LogP contribution is 2.36. The number of halogens is 4. The Balaban J connectivity index is 1.89. The van der Waals surface area contributed by atoms with Crippen LogP contribution in [0.1, 0.15) is 18.1 Å². The van der Waals surface area contributed by atoms with Crippen LogP contribution >= 0.6 is 11.6 Å². The summed E-state index contributed by atoms with van der Waals surface area (Å²) in [6.45, 7) is 2.74. The molecule has 0 atom stereocenters. The first-order valence-corrected chi connectivity index (χ1v) is 8.30. The predicted octanol–water partition coefficient (Wildman–Crippen LogP) is 5.12. The number of ether oxygens (including phenoxy) is 1. The molecule has 2 N–H and O–H groups in total. The van der Waals surface area contributed by atoms with Gasteiger partial charge in [-0.25, -0.2) is 4.79 Å². The van der Waals surface area contributed by atoms with Crippen molar-refractivity contribution >= 4 is 23.3 Å². The van der Waals surface area contributed by atoms with E-state index in [-0.39, 0.29) is 17.3 Å². The van der Waals surface area contributed by atoms with Crippen LogP contribution in [0.2, 0.25) is 5.02 Å². The molecule has 2 amide bonds. The fourth-order valence-electron chi connectivity index (χ4n) is 2.27. The Kier molecular flexibility index (Phi) is 6.74. The number of hydrogen-bond donors (Lipinski definition) is 2.